The van der Waals surface area contributed by atoms with Gasteiger partial charge in [-0.05, 0) is 58.2 Å². The number of nitrogens with zero attached hydrogens (tertiary/aromatic N) is 4. The van der Waals surface area contributed by atoms with Crippen molar-refractivity contribution in [2.45, 2.75) is 50.8 Å². The molecule has 3 aromatic heterocycles. The van der Waals surface area contributed by atoms with Gasteiger partial charge in [-0.2, -0.15) is 4.90 Å². The number of anilines is 1. The molecular formula is C22H28N6O5S. The molecule has 0 radical (unpaired) electrons. The van der Waals surface area contributed by atoms with Crippen LogP contribution in [0.2, 0.25) is 0 Å². The molecule has 0 saturated heterocycles. The van der Waals surface area contributed by atoms with Crippen LogP contribution >= 0.6 is 0 Å². The fraction of sp³-hybridized carbons (Fsp3) is 0.409. The summed E-state index contributed by atoms with van der Waals surface area (Å²) in [7, 11) is -3.69. The van der Waals surface area contributed by atoms with Crippen LogP contribution in [0.15, 0.2) is 36.7 Å². The van der Waals surface area contributed by atoms with Crippen molar-refractivity contribution in [2.75, 3.05) is 10.7 Å². The Morgan fingerprint density at radius 1 is 1.21 bits per heavy atom. The number of hydrogen-bond donors (Lipinski definition) is 3. The Labute approximate surface area is 197 Å². The number of nitrogens with one attached hydrogen (secondary N) is 1. The molecule has 3 aromatic rings. The summed E-state index contributed by atoms with van der Waals surface area (Å²) in [5.74, 6) is -0.450. The van der Waals surface area contributed by atoms with E-state index in [0.717, 1.165) is 11.3 Å². The van der Waals surface area contributed by atoms with E-state index in [-0.39, 0.29) is 18.0 Å². The predicted molar refractivity (Wildman–Crippen MR) is 127 cm³/mol. The molecule has 0 aliphatic rings. The molecule has 0 aliphatic heterocycles. The second-order valence-electron chi connectivity index (χ2n) is 8.61. The quantitative estimate of drug-likeness (QED) is 0.408. The predicted octanol–water partition coefficient (Wildman–Crippen LogP) is 2.22. The highest BCUT2D eigenvalue weighted by molar-refractivity contribution is 7.92. The molecule has 4 N–H and O–H groups in total. The van der Waals surface area contributed by atoms with Gasteiger partial charge >= 0.3 is 6.09 Å². The summed E-state index contributed by atoms with van der Waals surface area (Å²) in [6.07, 6.45) is 1.91. The number of amides is 2. The molecule has 0 bridgehead atoms. The Morgan fingerprint density at radius 3 is 2.59 bits per heavy atom. The normalized spacial score (nSPS) is 13.1. The number of aryl methyl sites for hydroxylation is 2. The van der Waals surface area contributed by atoms with Crippen LogP contribution in [0.3, 0.4) is 0 Å². The lowest BCUT2D eigenvalue weighted by Crippen LogP contribution is -2.51. The maximum absolute atomic E-state index is 13.1. The van der Waals surface area contributed by atoms with Crippen molar-refractivity contribution >= 4 is 38.7 Å². The SMILES string of the molecule is Cc1nc2c(CCCS(=O)(=O)C(C)(C)C[C@H](N)C(=O)N(C(=O)O)c3ccccn3)nccc2[nH]1. The van der Waals surface area contributed by atoms with Crippen molar-refractivity contribution in [1.29, 1.82) is 0 Å². The summed E-state index contributed by atoms with van der Waals surface area (Å²) in [6, 6.07) is 4.92. The highest BCUT2D eigenvalue weighted by Crippen LogP contribution is 2.26. The number of carbonyl (C=O) groups excluding carboxylic acids is 1. The van der Waals surface area contributed by atoms with E-state index in [9.17, 15) is 23.1 Å². The molecule has 0 spiro atoms. The van der Waals surface area contributed by atoms with E-state index in [1.807, 2.05) is 13.0 Å². The van der Waals surface area contributed by atoms with Gasteiger partial charge in [0.2, 0.25) is 0 Å². The largest absolute Gasteiger partial charge is 0.464 e. The average Bonchev–Trinajstić information content (AvgIpc) is 3.15. The van der Waals surface area contributed by atoms with Crippen LogP contribution in [-0.4, -0.2) is 62.0 Å². The van der Waals surface area contributed by atoms with Gasteiger partial charge in [-0.3, -0.25) is 9.78 Å². The van der Waals surface area contributed by atoms with Crippen LogP contribution in [0.25, 0.3) is 11.0 Å². The van der Waals surface area contributed by atoms with Gasteiger partial charge < -0.3 is 15.8 Å². The first-order chi connectivity index (χ1) is 15.9. The molecule has 1 atom stereocenters. The van der Waals surface area contributed by atoms with E-state index in [2.05, 4.69) is 19.9 Å². The lowest BCUT2D eigenvalue weighted by Gasteiger charge is -2.29. The molecule has 2 amide bonds. The second kappa shape index (κ2) is 9.85. The molecule has 0 aliphatic carbocycles. The molecule has 34 heavy (non-hydrogen) atoms. The first-order valence-corrected chi connectivity index (χ1v) is 12.3. The summed E-state index contributed by atoms with van der Waals surface area (Å²) < 4.78 is 24.8. The standard InChI is InChI=1S/C22H28N6O5S/c1-14-26-17-9-11-24-16(19(17)27-14)7-6-12-34(32,33)22(2,3)13-15(23)20(29)28(21(30)31)18-8-4-5-10-25-18/h4-5,8-11,15H,6-7,12-13,23H2,1-3H3,(H,26,27)(H,30,31)/t15-/m0/s1. The average molecular weight is 489 g/mol. The number of nitrogens with two attached hydrogens (primary N) is 1. The summed E-state index contributed by atoms with van der Waals surface area (Å²) in [5.41, 5.74) is 8.25. The van der Waals surface area contributed by atoms with Crippen LogP contribution in [0, 0.1) is 6.92 Å². The number of imide groups is 1. The highest BCUT2D eigenvalue weighted by atomic mass is 32.2. The summed E-state index contributed by atoms with van der Waals surface area (Å²) in [4.78, 5) is 40.6. The summed E-state index contributed by atoms with van der Waals surface area (Å²) >= 11 is 0. The third-order valence-corrected chi connectivity index (χ3v) is 8.26. The van der Waals surface area contributed by atoms with E-state index in [4.69, 9.17) is 5.73 Å². The minimum atomic E-state index is -3.69. The zero-order chi connectivity index (χ0) is 25.1. The smallest absolute Gasteiger partial charge is 0.420 e. The molecule has 11 nitrogen and oxygen atoms in total. The zero-order valence-electron chi connectivity index (χ0n) is 19.2. The Kier molecular flexibility index (Phi) is 7.32. The first kappa shape index (κ1) is 25.2. The van der Waals surface area contributed by atoms with Crippen LogP contribution in [-0.2, 0) is 21.1 Å². The van der Waals surface area contributed by atoms with E-state index in [1.54, 1.807) is 12.3 Å². The molecule has 0 saturated carbocycles. The van der Waals surface area contributed by atoms with Crippen LogP contribution < -0.4 is 10.6 Å². The number of fused-ring (bicyclic) bond motifs is 1. The number of hydrogen-bond acceptors (Lipinski definition) is 8. The third kappa shape index (κ3) is 5.39. The van der Waals surface area contributed by atoms with Crippen molar-refractivity contribution in [3.05, 3.63) is 48.2 Å². The Bertz CT molecular complexity index is 1290. The number of rotatable bonds is 9. The molecule has 12 heteroatoms. The molecule has 182 valence electrons. The molecule has 3 heterocycles. The maximum Gasteiger partial charge on any atom is 0.420 e. The van der Waals surface area contributed by atoms with Gasteiger partial charge in [-0.25, -0.2) is 23.2 Å². The van der Waals surface area contributed by atoms with Gasteiger partial charge in [0.1, 0.15) is 17.2 Å². The number of aromatic amines is 1. The van der Waals surface area contributed by atoms with Crippen LogP contribution in [0.5, 0.6) is 0 Å². The van der Waals surface area contributed by atoms with E-state index in [0.29, 0.717) is 29.0 Å². The molecular weight excluding hydrogens is 460 g/mol. The number of sulfone groups is 1. The van der Waals surface area contributed by atoms with Gasteiger partial charge in [0.05, 0.1) is 27.8 Å². The number of carbonyl (C=O) groups is 2. The summed E-state index contributed by atoms with van der Waals surface area (Å²) in [6.45, 7) is 4.80. The Morgan fingerprint density at radius 2 is 1.94 bits per heavy atom. The zero-order valence-corrected chi connectivity index (χ0v) is 20.0. The number of H-pyrrole nitrogens is 1. The second-order valence-corrected chi connectivity index (χ2v) is 11.4. The Hall–Kier alpha value is -3.38. The molecule has 0 fully saturated rings. The van der Waals surface area contributed by atoms with Gasteiger partial charge in [0.15, 0.2) is 9.84 Å². The molecule has 0 aromatic carbocycles. The monoisotopic (exact) mass is 488 g/mol. The van der Waals surface area contributed by atoms with E-state index in [1.165, 1.54) is 32.2 Å². The van der Waals surface area contributed by atoms with Crippen molar-refractivity contribution in [1.82, 2.24) is 19.9 Å². The molecule has 3 rings (SSSR count). The van der Waals surface area contributed by atoms with Crippen molar-refractivity contribution in [3.8, 4) is 0 Å². The topological polar surface area (TPSA) is 172 Å². The van der Waals surface area contributed by atoms with Gasteiger partial charge in [-0.15, -0.1) is 0 Å². The highest BCUT2D eigenvalue weighted by Gasteiger charge is 2.39. The lowest BCUT2D eigenvalue weighted by molar-refractivity contribution is -0.119. The number of imidazole rings is 1. The number of aromatic nitrogens is 4. The number of carboxylic acid groups (broad SMARTS) is 1. The molecule has 0 unspecified atom stereocenters. The van der Waals surface area contributed by atoms with Crippen LogP contribution in [0.4, 0.5) is 10.6 Å². The van der Waals surface area contributed by atoms with E-state index >= 15 is 0 Å². The minimum absolute atomic E-state index is 0.105. The van der Waals surface area contributed by atoms with Crippen molar-refractivity contribution in [2.24, 2.45) is 5.73 Å². The van der Waals surface area contributed by atoms with Crippen molar-refractivity contribution < 1.29 is 23.1 Å². The number of pyridine rings is 2. The fourth-order valence-electron chi connectivity index (χ4n) is 3.70. The van der Waals surface area contributed by atoms with E-state index < -0.39 is 32.6 Å². The fourth-order valence-corrected chi connectivity index (χ4v) is 5.21. The third-order valence-electron chi connectivity index (χ3n) is 5.58. The summed E-state index contributed by atoms with van der Waals surface area (Å²) in [5, 5.41) is 9.48. The van der Waals surface area contributed by atoms with Crippen molar-refractivity contribution in [3.63, 3.8) is 0 Å². The lowest BCUT2D eigenvalue weighted by atomic mass is 10.0. The Balaban J connectivity index is 1.67. The van der Waals surface area contributed by atoms with Crippen LogP contribution in [0.1, 0.15) is 38.2 Å². The van der Waals surface area contributed by atoms with Gasteiger partial charge in [0.25, 0.3) is 5.91 Å². The minimum Gasteiger partial charge on any atom is -0.464 e. The van der Waals surface area contributed by atoms with Gasteiger partial charge in [-0.1, -0.05) is 6.07 Å². The maximum atomic E-state index is 13.1. The first-order valence-electron chi connectivity index (χ1n) is 10.7. The van der Waals surface area contributed by atoms with Gasteiger partial charge in [0, 0.05) is 12.4 Å².